The van der Waals surface area contributed by atoms with Crippen LogP contribution in [0.1, 0.15) is 31.7 Å². The second kappa shape index (κ2) is 7.29. The van der Waals surface area contributed by atoms with Crippen molar-refractivity contribution in [3.05, 3.63) is 29.8 Å². The summed E-state index contributed by atoms with van der Waals surface area (Å²) >= 11 is 0. The highest BCUT2D eigenvalue weighted by molar-refractivity contribution is 5.76. The van der Waals surface area contributed by atoms with Gasteiger partial charge in [0, 0.05) is 24.7 Å². The Hall–Kier alpha value is -1.55. The third-order valence-electron chi connectivity index (χ3n) is 3.94. The molecule has 1 unspecified atom stereocenters. The van der Waals surface area contributed by atoms with E-state index in [1.807, 2.05) is 24.3 Å². The van der Waals surface area contributed by atoms with E-state index in [0.29, 0.717) is 12.5 Å². The van der Waals surface area contributed by atoms with Gasteiger partial charge in [-0.15, -0.1) is 0 Å². The Morgan fingerprint density at radius 3 is 2.85 bits per heavy atom. The first kappa shape index (κ1) is 14.9. The number of aryl methyl sites for hydroxylation is 1. The van der Waals surface area contributed by atoms with Crippen molar-refractivity contribution in [3.63, 3.8) is 0 Å². The molecule has 1 heterocycles. The molecule has 0 aromatic heterocycles. The summed E-state index contributed by atoms with van der Waals surface area (Å²) in [6.45, 7) is 5.39. The fraction of sp³-hybridized carbons (Fsp3) is 0.562. The average molecular weight is 275 g/mol. The Morgan fingerprint density at radius 1 is 1.40 bits per heavy atom. The predicted molar refractivity (Wildman–Crippen MR) is 82.5 cm³/mol. The molecule has 1 aliphatic rings. The van der Waals surface area contributed by atoms with Crippen molar-refractivity contribution in [2.24, 2.45) is 0 Å². The molecule has 0 spiro atoms. The Bertz CT molecular complexity index is 430. The van der Waals surface area contributed by atoms with Crippen molar-refractivity contribution in [2.75, 3.05) is 25.4 Å². The highest BCUT2D eigenvalue weighted by Crippen LogP contribution is 2.11. The van der Waals surface area contributed by atoms with Crippen molar-refractivity contribution < 1.29 is 4.79 Å². The van der Waals surface area contributed by atoms with Crippen LogP contribution in [0, 0.1) is 0 Å². The van der Waals surface area contributed by atoms with Crippen molar-refractivity contribution in [2.45, 2.75) is 38.6 Å². The van der Waals surface area contributed by atoms with Crippen LogP contribution in [0.5, 0.6) is 0 Å². The largest absolute Gasteiger partial charge is 0.399 e. The number of nitrogen functional groups attached to an aromatic ring is 1. The van der Waals surface area contributed by atoms with E-state index in [0.717, 1.165) is 43.7 Å². The van der Waals surface area contributed by atoms with Gasteiger partial charge in [-0.2, -0.15) is 0 Å². The average Bonchev–Trinajstić information content (AvgIpc) is 2.47. The molecular formula is C16H25N3O. The first-order valence-corrected chi connectivity index (χ1v) is 7.53. The maximum Gasteiger partial charge on any atom is 0.220 e. The first-order valence-electron chi connectivity index (χ1n) is 7.53. The number of likely N-dealkylation sites (N-methyl/N-ethyl adjacent to an activating group) is 1. The van der Waals surface area contributed by atoms with Gasteiger partial charge in [-0.3, -0.25) is 4.79 Å². The lowest BCUT2D eigenvalue weighted by Gasteiger charge is -2.32. The summed E-state index contributed by atoms with van der Waals surface area (Å²) in [6, 6.07) is 8.06. The lowest BCUT2D eigenvalue weighted by Crippen LogP contribution is -2.47. The highest BCUT2D eigenvalue weighted by atomic mass is 16.1. The summed E-state index contributed by atoms with van der Waals surface area (Å²) in [5.74, 6) is 0.157. The van der Waals surface area contributed by atoms with Gasteiger partial charge in [-0.1, -0.05) is 19.1 Å². The zero-order valence-corrected chi connectivity index (χ0v) is 12.3. The number of hydrogen-bond acceptors (Lipinski definition) is 3. The van der Waals surface area contributed by atoms with Crippen LogP contribution in [0.2, 0.25) is 0 Å². The molecule has 3 N–H and O–H groups in total. The molecule has 110 valence electrons. The molecule has 1 fully saturated rings. The number of piperidine rings is 1. The van der Waals surface area contributed by atoms with Gasteiger partial charge in [0.1, 0.15) is 0 Å². The number of nitrogens with two attached hydrogens (primary N) is 1. The minimum atomic E-state index is 0.157. The van der Waals surface area contributed by atoms with Gasteiger partial charge in [-0.25, -0.2) is 0 Å². The molecule has 0 radical (unpaired) electrons. The molecule has 4 nitrogen and oxygen atoms in total. The minimum absolute atomic E-state index is 0.157. The second-order valence-corrected chi connectivity index (χ2v) is 5.54. The summed E-state index contributed by atoms with van der Waals surface area (Å²) in [5, 5.41) is 3.16. The van der Waals surface area contributed by atoms with Crippen LogP contribution in [-0.4, -0.2) is 36.5 Å². The third kappa shape index (κ3) is 4.53. The minimum Gasteiger partial charge on any atom is -0.399 e. The van der Waals surface area contributed by atoms with Crippen molar-refractivity contribution in [1.82, 2.24) is 10.2 Å². The summed E-state index contributed by atoms with van der Waals surface area (Å²) in [4.78, 5) is 14.4. The number of nitrogens with one attached hydrogen (secondary N) is 1. The summed E-state index contributed by atoms with van der Waals surface area (Å²) in [6.07, 6.45) is 3.60. The Morgan fingerprint density at radius 2 is 2.15 bits per heavy atom. The molecular weight excluding hydrogens is 250 g/mol. The molecule has 1 aromatic rings. The van der Waals surface area contributed by atoms with Crippen molar-refractivity contribution in [1.29, 1.82) is 0 Å². The van der Waals surface area contributed by atoms with E-state index in [4.69, 9.17) is 5.73 Å². The van der Waals surface area contributed by atoms with Gasteiger partial charge >= 0.3 is 0 Å². The SMILES string of the molecule is CCN1CCCC(NC(=O)CCc2ccc(N)cc2)C1. The van der Waals surface area contributed by atoms with Gasteiger partial charge < -0.3 is 16.0 Å². The Kier molecular flexibility index (Phi) is 5.41. The smallest absolute Gasteiger partial charge is 0.220 e. The molecule has 1 aliphatic heterocycles. The fourth-order valence-corrected chi connectivity index (χ4v) is 2.70. The topological polar surface area (TPSA) is 58.4 Å². The molecule has 1 atom stereocenters. The van der Waals surface area contributed by atoms with Gasteiger partial charge in [0.25, 0.3) is 0 Å². The number of hydrogen-bond donors (Lipinski definition) is 2. The van der Waals surface area contributed by atoms with E-state index in [2.05, 4.69) is 17.1 Å². The third-order valence-corrected chi connectivity index (χ3v) is 3.94. The van der Waals surface area contributed by atoms with Crippen LogP contribution in [0.4, 0.5) is 5.69 Å². The molecule has 1 aromatic carbocycles. The second-order valence-electron chi connectivity index (χ2n) is 5.54. The monoisotopic (exact) mass is 275 g/mol. The van der Waals surface area contributed by atoms with E-state index in [1.54, 1.807) is 0 Å². The standard InChI is InChI=1S/C16H25N3O/c1-2-19-11-3-4-15(12-19)18-16(20)10-7-13-5-8-14(17)9-6-13/h5-6,8-9,15H,2-4,7,10-12,17H2,1H3,(H,18,20). The summed E-state index contributed by atoms with van der Waals surface area (Å²) < 4.78 is 0. The molecule has 1 amide bonds. The van der Waals surface area contributed by atoms with Crippen LogP contribution in [0.15, 0.2) is 24.3 Å². The molecule has 20 heavy (non-hydrogen) atoms. The predicted octanol–water partition coefficient (Wildman–Crippen LogP) is 1.80. The number of amides is 1. The van der Waals surface area contributed by atoms with Crippen LogP contribution in [-0.2, 0) is 11.2 Å². The summed E-state index contributed by atoms with van der Waals surface area (Å²) in [5.41, 5.74) is 7.57. The number of benzene rings is 1. The number of anilines is 1. The van der Waals surface area contributed by atoms with E-state index in [1.165, 1.54) is 6.42 Å². The molecule has 0 saturated carbocycles. The van der Waals surface area contributed by atoms with E-state index in [-0.39, 0.29) is 5.91 Å². The van der Waals surface area contributed by atoms with Gasteiger partial charge in [0.05, 0.1) is 0 Å². The number of carbonyl (C=O) groups is 1. The van der Waals surface area contributed by atoms with Gasteiger partial charge in [-0.05, 0) is 50.0 Å². The van der Waals surface area contributed by atoms with Gasteiger partial charge in [0.15, 0.2) is 0 Å². The van der Waals surface area contributed by atoms with Crippen LogP contribution in [0.25, 0.3) is 0 Å². The van der Waals surface area contributed by atoms with Crippen LogP contribution in [0.3, 0.4) is 0 Å². The van der Waals surface area contributed by atoms with Crippen LogP contribution >= 0.6 is 0 Å². The van der Waals surface area contributed by atoms with Crippen molar-refractivity contribution >= 4 is 11.6 Å². The van der Waals surface area contributed by atoms with Crippen molar-refractivity contribution in [3.8, 4) is 0 Å². The zero-order chi connectivity index (χ0) is 14.4. The number of carbonyl (C=O) groups excluding carboxylic acids is 1. The highest BCUT2D eigenvalue weighted by Gasteiger charge is 2.19. The summed E-state index contributed by atoms with van der Waals surface area (Å²) in [7, 11) is 0. The zero-order valence-electron chi connectivity index (χ0n) is 12.3. The molecule has 1 saturated heterocycles. The lowest BCUT2D eigenvalue weighted by atomic mass is 10.0. The number of rotatable bonds is 5. The maximum absolute atomic E-state index is 12.0. The van der Waals surface area contributed by atoms with E-state index < -0.39 is 0 Å². The molecule has 0 aliphatic carbocycles. The maximum atomic E-state index is 12.0. The van der Waals surface area contributed by atoms with E-state index in [9.17, 15) is 4.79 Å². The number of likely N-dealkylation sites (tertiary alicyclic amines) is 1. The fourth-order valence-electron chi connectivity index (χ4n) is 2.70. The normalized spacial score (nSPS) is 19.8. The lowest BCUT2D eigenvalue weighted by molar-refractivity contribution is -0.122. The molecule has 0 bridgehead atoms. The molecule has 4 heteroatoms. The number of nitrogens with zero attached hydrogens (tertiary/aromatic N) is 1. The van der Waals surface area contributed by atoms with Crippen LogP contribution < -0.4 is 11.1 Å². The first-order chi connectivity index (χ1) is 9.67. The molecule has 2 rings (SSSR count). The Balaban J connectivity index is 1.73. The quantitative estimate of drug-likeness (QED) is 0.806. The Labute approximate surface area is 121 Å². The van der Waals surface area contributed by atoms with E-state index >= 15 is 0 Å². The van der Waals surface area contributed by atoms with Gasteiger partial charge in [0.2, 0.25) is 5.91 Å².